The quantitative estimate of drug-likeness (QED) is 0.625. The number of aromatic nitrogens is 2. The highest BCUT2D eigenvalue weighted by atomic mass is 32.2. The first kappa shape index (κ1) is 20.7. The third kappa shape index (κ3) is 3.80. The fourth-order valence-corrected chi connectivity index (χ4v) is 4.43. The molecule has 3 aromatic rings. The van der Waals surface area contributed by atoms with Gasteiger partial charge >= 0.3 is 0 Å². The van der Waals surface area contributed by atoms with Crippen molar-refractivity contribution in [3.63, 3.8) is 0 Å². The summed E-state index contributed by atoms with van der Waals surface area (Å²) in [6.07, 6.45) is 0. The summed E-state index contributed by atoms with van der Waals surface area (Å²) >= 11 is 0. The van der Waals surface area contributed by atoms with E-state index in [0.717, 1.165) is 11.3 Å². The minimum absolute atomic E-state index is 0.0787. The van der Waals surface area contributed by atoms with Crippen molar-refractivity contribution in [3.8, 4) is 11.4 Å². The Morgan fingerprint density at radius 1 is 1.03 bits per heavy atom. The van der Waals surface area contributed by atoms with Crippen LogP contribution in [0.5, 0.6) is 5.75 Å². The number of hydrogen-bond donors (Lipinski definition) is 2. The van der Waals surface area contributed by atoms with Gasteiger partial charge in [-0.15, -0.1) is 0 Å². The smallest absolute Gasteiger partial charge is 0.275 e. The molecule has 0 spiro atoms. The number of nitrogens with one attached hydrogen (secondary N) is 1. The van der Waals surface area contributed by atoms with Crippen molar-refractivity contribution in [2.75, 3.05) is 4.72 Å². The van der Waals surface area contributed by atoms with Gasteiger partial charge < -0.3 is 5.11 Å². The maximum Gasteiger partial charge on any atom is 0.275 e. The van der Waals surface area contributed by atoms with Crippen LogP contribution in [0.3, 0.4) is 0 Å². The van der Waals surface area contributed by atoms with Gasteiger partial charge in [0.15, 0.2) is 0 Å². The van der Waals surface area contributed by atoms with Crippen molar-refractivity contribution >= 4 is 15.7 Å². The number of anilines is 1. The highest BCUT2D eigenvalue weighted by molar-refractivity contribution is 7.92. The second kappa shape index (κ2) is 7.44. The van der Waals surface area contributed by atoms with E-state index in [9.17, 15) is 18.3 Å². The van der Waals surface area contributed by atoms with Gasteiger partial charge in [-0.1, -0.05) is 13.8 Å². The number of phenols is 1. The number of nitrogens with zero attached hydrogens (tertiary/aromatic N) is 2. The Balaban J connectivity index is 1.95. The molecule has 0 atom stereocenters. The zero-order valence-corrected chi connectivity index (χ0v) is 17.9. The third-order valence-corrected chi connectivity index (χ3v) is 6.41. The van der Waals surface area contributed by atoms with E-state index in [1.54, 1.807) is 29.8 Å². The Hall–Kier alpha value is -3.00. The molecule has 0 fully saturated rings. The summed E-state index contributed by atoms with van der Waals surface area (Å²) in [5, 5.41) is 9.59. The minimum Gasteiger partial charge on any atom is -0.508 e. The summed E-state index contributed by atoms with van der Waals surface area (Å²) in [6.45, 7) is 7.53. The third-order valence-electron chi connectivity index (χ3n) is 5.02. The Bertz CT molecular complexity index is 1220. The van der Waals surface area contributed by atoms with Crippen LogP contribution in [-0.2, 0) is 17.1 Å². The predicted molar refractivity (Wildman–Crippen MR) is 113 cm³/mol. The van der Waals surface area contributed by atoms with Crippen LogP contribution in [-0.4, -0.2) is 22.9 Å². The first-order valence-electron chi connectivity index (χ1n) is 9.24. The van der Waals surface area contributed by atoms with E-state index in [4.69, 9.17) is 0 Å². The zero-order valence-electron chi connectivity index (χ0n) is 17.1. The monoisotopic (exact) mass is 415 g/mol. The van der Waals surface area contributed by atoms with Gasteiger partial charge in [-0.05, 0) is 67.8 Å². The molecule has 29 heavy (non-hydrogen) atoms. The Morgan fingerprint density at radius 3 is 2.17 bits per heavy atom. The first-order valence-corrected chi connectivity index (χ1v) is 10.7. The lowest BCUT2D eigenvalue weighted by Gasteiger charge is -2.11. The fraction of sp³-hybridized carbons (Fsp3) is 0.286. The van der Waals surface area contributed by atoms with E-state index in [0.29, 0.717) is 16.9 Å². The van der Waals surface area contributed by atoms with Crippen molar-refractivity contribution in [2.24, 2.45) is 7.05 Å². The van der Waals surface area contributed by atoms with E-state index in [-0.39, 0.29) is 22.1 Å². The predicted octanol–water partition coefficient (Wildman–Crippen LogP) is 3.42. The number of rotatable bonds is 5. The number of aryl methyl sites for hydroxylation is 1. The van der Waals surface area contributed by atoms with Gasteiger partial charge in [0, 0.05) is 24.0 Å². The second-order valence-corrected chi connectivity index (χ2v) is 9.08. The maximum absolute atomic E-state index is 12.8. The average molecular weight is 416 g/mol. The Labute approximate surface area is 170 Å². The molecule has 0 bridgehead atoms. The molecule has 0 aliphatic rings. The SMILES string of the molecule is Cc1cc(NS(=O)(=O)c2ccc(-n3c(=O)c(C(C)C)c(C)n3C)cc2)ccc1O. The molecule has 0 radical (unpaired) electrons. The van der Waals surface area contributed by atoms with Crippen molar-refractivity contribution in [2.45, 2.75) is 38.5 Å². The molecular formula is C21H25N3O4S. The number of aromatic hydroxyl groups is 1. The van der Waals surface area contributed by atoms with Gasteiger partial charge in [0.25, 0.3) is 15.6 Å². The molecule has 1 aromatic heterocycles. The van der Waals surface area contributed by atoms with E-state index in [1.165, 1.54) is 28.9 Å². The summed E-state index contributed by atoms with van der Waals surface area (Å²) in [5.74, 6) is 0.189. The molecular weight excluding hydrogens is 390 g/mol. The van der Waals surface area contributed by atoms with Crippen molar-refractivity contribution in [1.29, 1.82) is 0 Å². The molecule has 0 aliphatic carbocycles. The molecule has 0 saturated carbocycles. The molecule has 0 amide bonds. The van der Waals surface area contributed by atoms with Gasteiger partial charge in [-0.3, -0.25) is 14.2 Å². The highest BCUT2D eigenvalue weighted by Gasteiger charge is 2.19. The van der Waals surface area contributed by atoms with Gasteiger partial charge in [-0.2, -0.15) is 0 Å². The Kier molecular flexibility index (Phi) is 5.32. The van der Waals surface area contributed by atoms with Crippen LogP contribution in [0.15, 0.2) is 52.2 Å². The molecule has 0 aliphatic heterocycles. The summed E-state index contributed by atoms with van der Waals surface area (Å²) < 4.78 is 31.2. The molecule has 2 aromatic carbocycles. The van der Waals surface area contributed by atoms with Crippen LogP contribution in [0, 0.1) is 13.8 Å². The van der Waals surface area contributed by atoms with E-state index in [2.05, 4.69) is 4.72 Å². The normalized spacial score (nSPS) is 11.8. The summed E-state index contributed by atoms with van der Waals surface area (Å²) in [5.41, 5.74) is 3.04. The second-order valence-electron chi connectivity index (χ2n) is 7.40. The van der Waals surface area contributed by atoms with Gasteiger partial charge in [0.1, 0.15) is 5.75 Å². The van der Waals surface area contributed by atoms with E-state index < -0.39 is 10.0 Å². The summed E-state index contributed by atoms with van der Waals surface area (Å²) in [7, 11) is -2.00. The summed E-state index contributed by atoms with van der Waals surface area (Å²) in [6, 6.07) is 10.6. The standard InChI is InChI=1S/C21H25N3O4S/c1-13(2)20-15(4)23(5)24(21(20)26)17-7-9-18(10-8-17)29(27,28)22-16-6-11-19(25)14(3)12-16/h6-13,22,25H,1-5H3. The van der Waals surface area contributed by atoms with Crippen LogP contribution >= 0.6 is 0 Å². The van der Waals surface area contributed by atoms with Crippen LogP contribution < -0.4 is 10.3 Å². The Morgan fingerprint density at radius 2 is 1.66 bits per heavy atom. The van der Waals surface area contributed by atoms with Gasteiger partial charge in [0.05, 0.1) is 10.6 Å². The number of phenolic OH excluding ortho intramolecular Hbond substituents is 1. The molecule has 1 heterocycles. The lowest BCUT2D eigenvalue weighted by atomic mass is 10.0. The minimum atomic E-state index is -3.80. The lowest BCUT2D eigenvalue weighted by molar-refractivity contribution is 0.471. The van der Waals surface area contributed by atoms with Crippen molar-refractivity contribution in [3.05, 3.63) is 69.6 Å². The molecule has 0 unspecified atom stereocenters. The van der Waals surface area contributed by atoms with E-state index in [1.807, 2.05) is 27.8 Å². The molecule has 2 N–H and O–H groups in total. The van der Waals surface area contributed by atoms with Gasteiger partial charge in [-0.25, -0.2) is 13.1 Å². The number of benzene rings is 2. The average Bonchev–Trinajstić information content (AvgIpc) is 2.87. The molecule has 7 nitrogen and oxygen atoms in total. The van der Waals surface area contributed by atoms with Gasteiger partial charge in [0.2, 0.25) is 0 Å². The summed E-state index contributed by atoms with van der Waals surface area (Å²) in [4.78, 5) is 12.9. The first-order chi connectivity index (χ1) is 13.5. The number of hydrogen-bond acceptors (Lipinski definition) is 4. The van der Waals surface area contributed by atoms with Crippen molar-refractivity contribution in [1.82, 2.24) is 9.36 Å². The van der Waals surface area contributed by atoms with Crippen molar-refractivity contribution < 1.29 is 13.5 Å². The van der Waals surface area contributed by atoms with Crippen LogP contribution in [0.25, 0.3) is 5.69 Å². The van der Waals surface area contributed by atoms with Crippen LogP contribution in [0.1, 0.15) is 36.6 Å². The van der Waals surface area contributed by atoms with E-state index >= 15 is 0 Å². The molecule has 8 heteroatoms. The zero-order chi connectivity index (χ0) is 21.5. The fourth-order valence-electron chi connectivity index (χ4n) is 3.38. The highest BCUT2D eigenvalue weighted by Crippen LogP contribution is 2.23. The number of sulfonamides is 1. The molecule has 3 rings (SSSR count). The molecule has 0 saturated heterocycles. The van der Waals surface area contributed by atoms with Crippen LogP contribution in [0.4, 0.5) is 5.69 Å². The van der Waals surface area contributed by atoms with Crippen LogP contribution in [0.2, 0.25) is 0 Å². The largest absolute Gasteiger partial charge is 0.508 e. The molecule has 154 valence electrons. The topological polar surface area (TPSA) is 93.3 Å². The lowest BCUT2D eigenvalue weighted by Crippen LogP contribution is -2.21. The maximum atomic E-state index is 12.8.